The van der Waals surface area contributed by atoms with Crippen LogP contribution in [-0.2, 0) is 23.1 Å². The number of methoxy groups -OCH3 is 1. The van der Waals surface area contributed by atoms with Crippen molar-refractivity contribution in [3.8, 4) is 0 Å². The molecule has 1 amide bonds. The van der Waals surface area contributed by atoms with E-state index in [0.29, 0.717) is 26.2 Å². The van der Waals surface area contributed by atoms with Crippen LogP contribution in [0.15, 0.2) is 12.4 Å². The molecule has 1 heterocycles. The fourth-order valence-corrected chi connectivity index (χ4v) is 1.42. The van der Waals surface area contributed by atoms with E-state index in [1.807, 2.05) is 13.2 Å². The molecular formula is C11H20N4O2. The van der Waals surface area contributed by atoms with Gasteiger partial charge in [0.25, 0.3) is 0 Å². The van der Waals surface area contributed by atoms with Crippen LogP contribution in [0.25, 0.3) is 0 Å². The predicted octanol–water partition coefficient (Wildman–Crippen LogP) is -0.385. The van der Waals surface area contributed by atoms with Crippen molar-refractivity contribution in [2.24, 2.45) is 7.05 Å². The smallest absolute Gasteiger partial charge is 0.236 e. The molecule has 1 aromatic heterocycles. The Morgan fingerprint density at radius 1 is 1.65 bits per heavy atom. The summed E-state index contributed by atoms with van der Waals surface area (Å²) < 4.78 is 6.61. The van der Waals surface area contributed by atoms with Gasteiger partial charge in [-0.2, -0.15) is 5.10 Å². The first-order chi connectivity index (χ1) is 8.13. The third-order valence-electron chi connectivity index (χ3n) is 2.36. The lowest BCUT2D eigenvalue weighted by atomic mass is 10.3. The third-order valence-corrected chi connectivity index (χ3v) is 2.36. The van der Waals surface area contributed by atoms with Crippen LogP contribution in [0.3, 0.4) is 0 Å². The lowest BCUT2D eigenvalue weighted by Crippen LogP contribution is -2.36. The molecule has 1 aromatic rings. The average Bonchev–Trinajstić information content (AvgIpc) is 2.70. The van der Waals surface area contributed by atoms with Gasteiger partial charge in [0, 0.05) is 46.1 Å². The molecule has 0 fully saturated rings. The van der Waals surface area contributed by atoms with E-state index in [2.05, 4.69) is 10.4 Å². The Labute approximate surface area is 102 Å². The molecule has 6 heteroatoms. The number of nitrogens with one attached hydrogen (secondary N) is 1. The minimum atomic E-state index is 0.0601. The summed E-state index contributed by atoms with van der Waals surface area (Å²) in [5.74, 6) is 0.0601. The highest BCUT2D eigenvalue weighted by atomic mass is 16.5. The van der Waals surface area contributed by atoms with E-state index in [4.69, 9.17) is 4.74 Å². The minimum Gasteiger partial charge on any atom is -0.383 e. The summed E-state index contributed by atoms with van der Waals surface area (Å²) in [5.41, 5.74) is 1.03. The van der Waals surface area contributed by atoms with Gasteiger partial charge < -0.3 is 15.0 Å². The lowest BCUT2D eigenvalue weighted by molar-refractivity contribution is -0.129. The second-order valence-electron chi connectivity index (χ2n) is 3.94. The van der Waals surface area contributed by atoms with Gasteiger partial charge in [-0.25, -0.2) is 0 Å². The maximum absolute atomic E-state index is 11.7. The van der Waals surface area contributed by atoms with Crippen molar-refractivity contribution < 1.29 is 9.53 Å². The summed E-state index contributed by atoms with van der Waals surface area (Å²) >= 11 is 0. The summed E-state index contributed by atoms with van der Waals surface area (Å²) in [5, 5.41) is 7.08. The summed E-state index contributed by atoms with van der Waals surface area (Å²) in [6, 6.07) is 0. The molecule has 6 nitrogen and oxygen atoms in total. The van der Waals surface area contributed by atoms with Crippen LogP contribution in [0.4, 0.5) is 0 Å². The topological polar surface area (TPSA) is 59.4 Å². The van der Waals surface area contributed by atoms with E-state index >= 15 is 0 Å². The second kappa shape index (κ2) is 7.03. The van der Waals surface area contributed by atoms with Gasteiger partial charge in [0.15, 0.2) is 0 Å². The molecule has 0 atom stereocenters. The van der Waals surface area contributed by atoms with Gasteiger partial charge in [-0.15, -0.1) is 0 Å². The Morgan fingerprint density at radius 3 is 3.00 bits per heavy atom. The van der Waals surface area contributed by atoms with Gasteiger partial charge in [0.2, 0.25) is 5.91 Å². The zero-order valence-corrected chi connectivity index (χ0v) is 10.6. The Hall–Kier alpha value is -1.40. The first kappa shape index (κ1) is 13.7. The Bertz CT molecular complexity index is 351. The van der Waals surface area contributed by atoms with Gasteiger partial charge in [0.05, 0.1) is 19.3 Å². The summed E-state index contributed by atoms with van der Waals surface area (Å²) in [6.45, 7) is 2.21. The first-order valence-corrected chi connectivity index (χ1v) is 5.54. The summed E-state index contributed by atoms with van der Waals surface area (Å²) in [7, 11) is 5.28. The molecule has 0 aliphatic heterocycles. The fraction of sp³-hybridized carbons (Fsp3) is 0.636. The van der Waals surface area contributed by atoms with E-state index in [0.717, 1.165) is 5.56 Å². The SMILES string of the molecule is COCCNCC(=O)N(C)Cc1cnn(C)c1. The van der Waals surface area contributed by atoms with E-state index in [9.17, 15) is 4.79 Å². The third kappa shape index (κ3) is 4.97. The molecule has 0 saturated carbocycles. The van der Waals surface area contributed by atoms with Crippen LogP contribution in [0.1, 0.15) is 5.56 Å². The van der Waals surface area contributed by atoms with Gasteiger partial charge in [-0.3, -0.25) is 9.48 Å². The molecule has 0 aliphatic rings. The average molecular weight is 240 g/mol. The zero-order valence-electron chi connectivity index (χ0n) is 10.6. The number of aryl methyl sites for hydroxylation is 1. The number of amides is 1. The van der Waals surface area contributed by atoms with Crippen molar-refractivity contribution in [2.75, 3.05) is 33.9 Å². The number of carbonyl (C=O) groups is 1. The molecule has 0 saturated heterocycles. The molecule has 1 rings (SSSR count). The molecule has 0 aliphatic carbocycles. The van der Waals surface area contributed by atoms with Crippen molar-refractivity contribution in [1.29, 1.82) is 0 Å². The van der Waals surface area contributed by atoms with Crippen LogP contribution in [0.5, 0.6) is 0 Å². The number of likely N-dealkylation sites (N-methyl/N-ethyl adjacent to an activating group) is 1. The van der Waals surface area contributed by atoms with E-state index in [1.54, 1.807) is 29.9 Å². The number of hydrogen-bond acceptors (Lipinski definition) is 4. The van der Waals surface area contributed by atoms with Crippen molar-refractivity contribution in [2.45, 2.75) is 6.54 Å². The van der Waals surface area contributed by atoms with Crippen molar-refractivity contribution in [1.82, 2.24) is 20.0 Å². The van der Waals surface area contributed by atoms with E-state index < -0.39 is 0 Å². The van der Waals surface area contributed by atoms with Crippen LogP contribution in [-0.4, -0.2) is 54.4 Å². The number of hydrogen-bond donors (Lipinski definition) is 1. The van der Waals surface area contributed by atoms with Crippen LogP contribution >= 0.6 is 0 Å². The largest absolute Gasteiger partial charge is 0.383 e. The molecule has 0 spiro atoms. The highest BCUT2D eigenvalue weighted by Crippen LogP contribution is 2.00. The highest BCUT2D eigenvalue weighted by molar-refractivity contribution is 5.77. The Balaban J connectivity index is 2.27. The van der Waals surface area contributed by atoms with Gasteiger partial charge in [-0.1, -0.05) is 0 Å². The van der Waals surface area contributed by atoms with Gasteiger partial charge in [-0.05, 0) is 0 Å². The van der Waals surface area contributed by atoms with Crippen LogP contribution < -0.4 is 5.32 Å². The molecule has 0 radical (unpaired) electrons. The molecule has 0 aromatic carbocycles. The Morgan fingerprint density at radius 2 is 2.41 bits per heavy atom. The standard InChI is InChI=1S/C11H20N4O2/c1-14(8-10-6-13-15(2)9-10)11(16)7-12-4-5-17-3/h6,9,12H,4-5,7-8H2,1-3H3. The zero-order chi connectivity index (χ0) is 12.7. The number of ether oxygens (including phenoxy) is 1. The maximum Gasteiger partial charge on any atom is 0.236 e. The van der Waals surface area contributed by atoms with Crippen LogP contribution in [0, 0.1) is 0 Å². The normalized spacial score (nSPS) is 10.5. The second-order valence-corrected chi connectivity index (χ2v) is 3.94. The fourth-order valence-electron chi connectivity index (χ4n) is 1.42. The predicted molar refractivity (Wildman–Crippen MR) is 64.4 cm³/mol. The molecule has 96 valence electrons. The molecule has 0 bridgehead atoms. The van der Waals surface area contributed by atoms with E-state index in [1.165, 1.54) is 0 Å². The lowest BCUT2D eigenvalue weighted by Gasteiger charge is -2.16. The van der Waals surface area contributed by atoms with Crippen molar-refractivity contribution in [3.63, 3.8) is 0 Å². The summed E-state index contributed by atoms with van der Waals surface area (Å²) in [4.78, 5) is 13.4. The summed E-state index contributed by atoms with van der Waals surface area (Å²) in [6.07, 6.45) is 3.67. The monoisotopic (exact) mass is 240 g/mol. The highest BCUT2D eigenvalue weighted by Gasteiger charge is 2.09. The Kier molecular flexibility index (Phi) is 5.65. The maximum atomic E-state index is 11.7. The molecule has 0 unspecified atom stereocenters. The quantitative estimate of drug-likeness (QED) is 0.660. The number of nitrogens with zero attached hydrogens (tertiary/aromatic N) is 3. The number of carbonyl (C=O) groups excluding carboxylic acids is 1. The van der Waals surface area contributed by atoms with Crippen molar-refractivity contribution >= 4 is 5.91 Å². The van der Waals surface area contributed by atoms with Crippen molar-refractivity contribution in [3.05, 3.63) is 18.0 Å². The first-order valence-electron chi connectivity index (χ1n) is 5.54. The number of aromatic nitrogens is 2. The number of rotatable bonds is 7. The minimum absolute atomic E-state index is 0.0601. The molecular weight excluding hydrogens is 220 g/mol. The van der Waals surface area contributed by atoms with Crippen LogP contribution in [0.2, 0.25) is 0 Å². The molecule has 1 N–H and O–H groups in total. The van der Waals surface area contributed by atoms with Gasteiger partial charge >= 0.3 is 0 Å². The van der Waals surface area contributed by atoms with Gasteiger partial charge in [0.1, 0.15) is 0 Å². The molecule has 17 heavy (non-hydrogen) atoms. The van der Waals surface area contributed by atoms with E-state index in [-0.39, 0.29) is 5.91 Å².